The Labute approximate surface area is 163 Å². The van der Waals surface area contributed by atoms with E-state index in [0.717, 1.165) is 12.1 Å². The van der Waals surface area contributed by atoms with Gasteiger partial charge in [0.25, 0.3) is 11.7 Å². The molecule has 28 heavy (non-hydrogen) atoms. The average Bonchev–Trinajstić information content (AvgIpc) is 3.18. The van der Waals surface area contributed by atoms with E-state index < -0.39 is 0 Å². The van der Waals surface area contributed by atoms with Crippen molar-refractivity contribution in [2.45, 2.75) is 19.3 Å². The van der Waals surface area contributed by atoms with Crippen molar-refractivity contribution in [3.8, 4) is 0 Å². The van der Waals surface area contributed by atoms with Crippen LogP contribution in [0.1, 0.15) is 39.8 Å². The van der Waals surface area contributed by atoms with Crippen molar-refractivity contribution in [3.63, 3.8) is 0 Å². The summed E-state index contributed by atoms with van der Waals surface area (Å²) >= 11 is 0. The number of aromatic nitrogens is 4. The summed E-state index contributed by atoms with van der Waals surface area (Å²) in [5.74, 6) is 0.486. The molecule has 0 aliphatic heterocycles. The summed E-state index contributed by atoms with van der Waals surface area (Å²) in [4.78, 5) is 20.9. The van der Waals surface area contributed by atoms with Gasteiger partial charge in [-0.15, -0.1) is 5.10 Å². The first-order valence-corrected chi connectivity index (χ1v) is 9.29. The number of fused-ring (bicyclic) bond motifs is 1. The molecule has 140 valence electrons. The Morgan fingerprint density at radius 3 is 2.25 bits per heavy atom. The Kier molecular flexibility index (Phi) is 5.10. The number of hydrogen-bond donors (Lipinski definition) is 1. The number of nitrogens with zero attached hydrogens (tertiary/aromatic N) is 4. The van der Waals surface area contributed by atoms with Crippen molar-refractivity contribution in [2.24, 2.45) is 0 Å². The van der Waals surface area contributed by atoms with Crippen LogP contribution in [0.4, 0.5) is 0 Å². The topological polar surface area (TPSA) is 72.2 Å². The second-order valence-electron chi connectivity index (χ2n) is 6.65. The fourth-order valence-electron chi connectivity index (χ4n) is 3.31. The first kappa shape index (κ1) is 17.9. The lowest BCUT2D eigenvalue weighted by molar-refractivity contribution is 0.0942. The van der Waals surface area contributed by atoms with E-state index >= 15 is 0 Å². The minimum absolute atomic E-state index is 0.137. The predicted octanol–water partition coefficient (Wildman–Crippen LogP) is 3.38. The van der Waals surface area contributed by atoms with Gasteiger partial charge in [0.1, 0.15) is 0 Å². The van der Waals surface area contributed by atoms with E-state index in [1.807, 2.05) is 49.4 Å². The molecule has 0 fully saturated rings. The molecule has 0 unspecified atom stereocenters. The summed E-state index contributed by atoms with van der Waals surface area (Å²) in [6.45, 7) is 2.42. The molecule has 0 spiro atoms. The van der Waals surface area contributed by atoms with Crippen molar-refractivity contribution >= 4 is 11.7 Å². The number of carbonyl (C=O) groups excluding carboxylic acids is 1. The molecule has 0 radical (unpaired) electrons. The van der Waals surface area contributed by atoms with Gasteiger partial charge in [0, 0.05) is 24.4 Å². The van der Waals surface area contributed by atoms with Crippen LogP contribution in [0.25, 0.3) is 5.78 Å². The fourth-order valence-corrected chi connectivity index (χ4v) is 3.31. The lowest BCUT2D eigenvalue weighted by atomic mass is 9.88. The van der Waals surface area contributed by atoms with Gasteiger partial charge in [-0.1, -0.05) is 60.7 Å². The highest BCUT2D eigenvalue weighted by Crippen LogP contribution is 2.27. The highest BCUT2D eigenvalue weighted by molar-refractivity contribution is 5.90. The first-order chi connectivity index (χ1) is 13.7. The highest BCUT2D eigenvalue weighted by Gasteiger charge is 2.17. The van der Waals surface area contributed by atoms with Gasteiger partial charge in [0.2, 0.25) is 5.82 Å². The van der Waals surface area contributed by atoms with E-state index in [9.17, 15) is 4.79 Å². The maximum Gasteiger partial charge on any atom is 0.291 e. The lowest BCUT2D eigenvalue weighted by Crippen LogP contribution is -2.27. The average molecular weight is 371 g/mol. The van der Waals surface area contributed by atoms with Crippen LogP contribution in [0.15, 0.2) is 72.9 Å². The largest absolute Gasteiger partial charge is 0.349 e. The molecular formula is C22H21N5O. The van der Waals surface area contributed by atoms with Gasteiger partial charge in [-0.2, -0.15) is 4.98 Å². The van der Waals surface area contributed by atoms with Gasteiger partial charge >= 0.3 is 0 Å². The molecule has 0 aliphatic rings. The van der Waals surface area contributed by atoms with Crippen LogP contribution in [-0.2, 0) is 0 Å². The maximum atomic E-state index is 12.5. The minimum atomic E-state index is -0.287. The van der Waals surface area contributed by atoms with Crippen molar-refractivity contribution in [1.29, 1.82) is 0 Å². The van der Waals surface area contributed by atoms with Gasteiger partial charge in [0.15, 0.2) is 0 Å². The Bertz CT molecular complexity index is 1040. The number of amides is 1. The molecule has 2 heterocycles. The maximum absolute atomic E-state index is 12.5. The van der Waals surface area contributed by atoms with Crippen molar-refractivity contribution < 1.29 is 4.79 Å². The molecule has 4 rings (SSSR count). The normalized spacial score (nSPS) is 11.1. The third-order valence-electron chi connectivity index (χ3n) is 4.76. The number of nitrogens with one attached hydrogen (secondary N) is 1. The standard InChI is InChI=1S/C22H21N5O/c1-16-12-14-24-22-25-20(26-27(16)22)21(28)23-15-13-19(17-8-4-2-5-9-17)18-10-6-3-7-11-18/h2-12,14,19H,13,15H2,1H3,(H,23,28). The highest BCUT2D eigenvalue weighted by atomic mass is 16.2. The summed E-state index contributed by atoms with van der Waals surface area (Å²) < 4.78 is 1.58. The van der Waals surface area contributed by atoms with E-state index in [4.69, 9.17) is 0 Å². The smallest absolute Gasteiger partial charge is 0.291 e. The van der Waals surface area contributed by atoms with Crippen LogP contribution >= 0.6 is 0 Å². The lowest BCUT2D eigenvalue weighted by Gasteiger charge is -2.18. The van der Waals surface area contributed by atoms with Crippen LogP contribution in [0, 0.1) is 6.92 Å². The Hall–Kier alpha value is -3.54. The molecule has 1 amide bonds. The van der Waals surface area contributed by atoms with Crippen LogP contribution in [0.3, 0.4) is 0 Å². The number of carbonyl (C=O) groups is 1. The summed E-state index contributed by atoms with van der Waals surface area (Å²) in [6.07, 6.45) is 2.44. The molecule has 2 aromatic carbocycles. The first-order valence-electron chi connectivity index (χ1n) is 9.29. The Morgan fingerprint density at radius 2 is 1.64 bits per heavy atom. The Morgan fingerprint density at radius 1 is 1.00 bits per heavy atom. The third kappa shape index (κ3) is 3.76. The predicted molar refractivity (Wildman–Crippen MR) is 107 cm³/mol. The molecule has 6 heteroatoms. The van der Waals surface area contributed by atoms with E-state index in [-0.39, 0.29) is 17.6 Å². The molecule has 6 nitrogen and oxygen atoms in total. The van der Waals surface area contributed by atoms with Crippen LogP contribution in [0.2, 0.25) is 0 Å². The van der Waals surface area contributed by atoms with Crippen LogP contribution < -0.4 is 5.32 Å². The summed E-state index contributed by atoms with van der Waals surface area (Å²) in [5.41, 5.74) is 3.34. The van der Waals surface area contributed by atoms with E-state index in [0.29, 0.717) is 12.3 Å². The molecule has 4 aromatic rings. The second-order valence-corrected chi connectivity index (χ2v) is 6.65. The monoisotopic (exact) mass is 371 g/mol. The van der Waals surface area contributed by atoms with Gasteiger partial charge in [-0.25, -0.2) is 9.50 Å². The molecule has 0 saturated heterocycles. The van der Waals surface area contributed by atoms with Crippen molar-refractivity contribution in [1.82, 2.24) is 24.9 Å². The second kappa shape index (κ2) is 8.00. The Balaban J connectivity index is 1.47. The quantitative estimate of drug-likeness (QED) is 0.564. The molecule has 1 N–H and O–H groups in total. The molecule has 0 aliphatic carbocycles. The number of aryl methyl sites for hydroxylation is 1. The summed E-state index contributed by atoms with van der Waals surface area (Å²) in [5, 5.41) is 7.20. The van der Waals surface area contributed by atoms with E-state index in [1.165, 1.54) is 11.1 Å². The zero-order valence-corrected chi connectivity index (χ0v) is 15.6. The van der Waals surface area contributed by atoms with E-state index in [2.05, 4.69) is 44.6 Å². The summed E-state index contributed by atoms with van der Waals surface area (Å²) in [6, 6.07) is 22.5. The zero-order valence-electron chi connectivity index (χ0n) is 15.6. The van der Waals surface area contributed by atoms with Gasteiger partial charge in [0.05, 0.1) is 0 Å². The number of hydrogen-bond acceptors (Lipinski definition) is 4. The van der Waals surface area contributed by atoms with Crippen LogP contribution in [-0.4, -0.2) is 32.0 Å². The third-order valence-corrected chi connectivity index (χ3v) is 4.76. The molecule has 0 atom stereocenters. The van der Waals surface area contributed by atoms with Crippen molar-refractivity contribution in [3.05, 3.63) is 95.6 Å². The number of benzene rings is 2. The number of rotatable bonds is 6. The van der Waals surface area contributed by atoms with Gasteiger partial charge in [-0.05, 0) is 30.5 Å². The molecular weight excluding hydrogens is 350 g/mol. The van der Waals surface area contributed by atoms with Crippen LogP contribution in [0.5, 0.6) is 0 Å². The van der Waals surface area contributed by atoms with Crippen molar-refractivity contribution in [2.75, 3.05) is 6.54 Å². The SMILES string of the molecule is Cc1ccnc2nc(C(=O)NCCC(c3ccccc3)c3ccccc3)nn12. The minimum Gasteiger partial charge on any atom is -0.349 e. The summed E-state index contributed by atoms with van der Waals surface area (Å²) in [7, 11) is 0. The molecule has 0 saturated carbocycles. The molecule has 2 aromatic heterocycles. The zero-order chi connectivity index (χ0) is 19.3. The van der Waals surface area contributed by atoms with Gasteiger partial charge in [-0.3, -0.25) is 4.79 Å². The molecule has 0 bridgehead atoms. The van der Waals surface area contributed by atoms with E-state index in [1.54, 1.807) is 10.7 Å². The van der Waals surface area contributed by atoms with Gasteiger partial charge < -0.3 is 5.32 Å². The fraction of sp³-hybridized carbons (Fsp3) is 0.182.